The first kappa shape index (κ1) is 23.4. The van der Waals surface area contributed by atoms with E-state index in [1.807, 2.05) is 0 Å². The monoisotopic (exact) mass is 432 g/mol. The van der Waals surface area contributed by atoms with Crippen LogP contribution in [0.4, 0.5) is 0 Å². The molecule has 30 heavy (non-hydrogen) atoms. The van der Waals surface area contributed by atoms with Crippen LogP contribution in [0.3, 0.4) is 0 Å². The highest BCUT2D eigenvalue weighted by Gasteiger charge is 2.21. The lowest BCUT2D eigenvalue weighted by Gasteiger charge is -2.18. The first-order chi connectivity index (χ1) is 14.3. The number of benzene rings is 2. The van der Waals surface area contributed by atoms with Gasteiger partial charge in [0.2, 0.25) is 15.9 Å². The van der Waals surface area contributed by atoms with Gasteiger partial charge in [-0.25, -0.2) is 8.42 Å². The average Bonchev–Trinajstić information content (AvgIpc) is 2.77. The molecule has 162 valence electrons. The van der Waals surface area contributed by atoms with Gasteiger partial charge >= 0.3 is 0 Å². The van der Waals surface area contributed by atoms with Gasteiger partial charge < -0.3 is 14.8 Å². The molecular formula is C22H28N2O5S. The van der Waals surface area contributed by atoms with E-state index in [2.05, 4.69) is 5.32 Å². The van der Waals surface area contributed by atoms with Crippen LogP contribution in [0.1, 0.15) is 25.0 Å². The third-order valence-corrected chi connectivity index (χ3v) is 6.65. The fraction of sp³-hybridized carbons (Fsp3) is 0.318. The maximum atomic E-state index is 12.5. The van der Waals surface area contributed by atoms with Gasteiger partial charge in [0.25, 0.3) is 0 Å². The minimum Gasteiger partial charge on any atom is -0.497 e. The summed E-state index contributed by atoms with van der Waals surface area (Å²) < 4.78 is 36.9. The highest BCUT2D eigenvalue weighted by atomic mass is 32.2. The first-order valence-electron chi connectivity index (χ1n) is 9.62. The van der Waals surface area contributed by atoms with Gasteiger partial charge in [0, 0.05) is 37.3 Å². The molecule has 2 rings (SSSR count). The van der Waals surface area contributed by atoms with Crippen LogP contribution in [0.2, 0.25) is 0 Å². The van der Waals surface area contributed by atoms with Crippen molar-refractivity contribution >= 4 is 22.0 Å². The molecule has 0 unspecified atom stereocenters. The Morgan fingerprint density at radius 2 is 1.70 bits per heavy atom. The molecule has 0 bridgehead atoms. The molecule has 8 heteroatoms. The number of carbonyl (C=O) groups excluding carboxylic acids is 1. The van der Waals surface area contributed by atoms with Gasteiger partial charge in [-0.2, -0.15) is 4.31 Å². The maximum Gasteiger partial charge on any atom is 0.244 e. The molecule has 0 aromatic heterocycles. The average molecular weight is 433 g/mol. The van der Waals surface area contributed by atoms with Crippen LogP contribution in [0.15, 0.2) is 53.4 Å². The summed E-state index contributed by atoms with van der Waals surface area (Å²) in [7, 11) is -0.362. The van der Waals surface area contributed by atoms with Crippen molar-refractivity contribution in [3.63, 3.8) is 0 Å². The molecule has 0 heterocycles. The normalized spacial score (nSPS) is 11.6. The van der Waals surface area contributed by atoms with Gasteiger partial charge in [0.15, 0.2) is 0 Å². The lowest BCUT2D eigenvalue weighted by Crippen LogP contribution is -2.30. The zero-order valence-corrected chi connectivity index (χ0v) is 18.5. The van der Waals surface area contributed by atoms with E-state index in [9.17, 15) is 13.2 Å². The van der Waals surface area contributed by atoms with Crippen molar-refractivity contribution in [2.24, 2.45) is 0 Å². The Hall–Kier alpha value is -2.84. The molecule has 0 aliphatic carbocycles. The van der Waals surface area contributed by atoms with Gasteiger partial charge in [-0.15, -0.1) is 0 Å². The van der Waals surface area contributed by atoms with Gasteiger partial charge in [-0.3, -0.25) is 4.79 Å². The summed E-state index contributed by atoms with van der Waals surface area (Å²) in [5, 5.41) is 2.78. The third-order valence-electron chi connectivity index (χ3n) is 4.59. The number of nitrogens with zero attached hydrogens (tertiary/aromatic N) is 1. The smallest absolute Gasteiger partial charge is 0.244 e. The second kappa shape index (κ2) is 10.8. The third kappa shape index (κ3) is 5.84. The summed E-state index contributed by atoms with van der Waals surface area (Å²) in [6, 6.07) is 11.9. The lowest BCUT2D eigenvalue weighted by atomic mass is 10.1. The second-order valence-electron chi connectivity index (χ2n) is 6.39. The minimum absolute atomic E-state index is 0.243. The Balaban J connectivity index is 1.99. The van der Waals surface area contributed by atoms with Crippen LogP contribution >= 0.6 is 0 Å². The van der Waals surface area contributed by atoms with Crippen molar-refractivity contribution in [1.82, 2.24) is 9.62 Å². The van der Waals surface area contributed by atoms with E-state index in [1.165, 1.54) is 10.4 Å². The lowest BCUT2D eigenvalue weighted by molar-refractivity contribution is -0.116. The summed E-state index contributed by atoms with van der Waals surface area (Å²) >= 11 is 0. The van der Waals surface area contributed by atoms with Crippen molar-refractivity contribution in [3.05, 3.63) is 59.7 Å². The zero-order valence-electron chi connectivity index (χ0n) is 17.7. The van der Waals surface area contributed by atoms with Gasteiger partial charge in [-0.1, -0.05) is 26.0 Å². The summed E-state index contributed by atoms with van der Waals surface area (Å²) in [6.45, 7) is 4.73. The molecular weight excluding hydrogens is 404 g/mol. The quantitative estimate of drug-likeness (QED) is 0.583. The van der Waals surface area contributed by atoms with Crippen molar-refractivity contribution in [2.45, 2.75) is 25.3 Å². The Labute approximate surface area is 178 Å². The van der Waals surface area contributed by atoms with Gasteiger partial charge in [0.05, 0.1) is 19.1 Å². The Morgan fingerprint density at radius 3 is 2.27 bits per heavy atom. The predicted octanol–water partition coefficient (Wildman–Crippen LogP) is 3.06. The van der Waals surface area contributed by atoms with E-state index in [0.29, 0.717) is 24.6 Å². The van der Waals surface area contributed by atoms with Crippen LogP contribution in [-0.4, -0.2) is 45.9 Å². The largest absolute Gasteiger partial charge is 0.497 e. The number of amides is 1. The van der Waals surface area contributed by atoms with Crippen LogP contribution < -0.4 is 14.8 Å². The molecule has 0 atom stereocenters. The molecule has 0 aliphatic heterocycles. The maximum absolute atomic E-state index is 12.5. The number of ether oxygens (including phenoxy) is 2. The number of sulfonamides is 1. The predicted molar refractivity (Wildman–Crippen MR) is 117 cm³/mol. The highest BCUT2D eigenvalue weighted by molar-refractivity contribution is 7.89. The number of methoxy groups -OCH3 is 2. The molecule has 1 amide bonds. The van der Waals surface area contributed by atoms with E-state index in [4.69, 9.17) is 9.47 Å². The molecule has 2 aromatic rings. The summed E-state index contributed by atoms with van der Waals surface area (Å²) in [6.07, 6.45) is 3.08. The zero-order chi connectivity index (χ0) is 22.1. The molecule has 1 N–H and O–H groups in total. The minimum atomic E-state index is -3.49. The van der Waals surface area contributed by atoms with Crippen LogP contribution in [0, 0.1) is 0 Å². The van der Waals surface area contributed by atoms with Crippen molar-refractivity contribution in [1.29, 1.82) is 0 Å². The van der Waals surface area contributed by atoms with E-state index < -0.39 is 10.0 Å². The Morgan fingerprint density at radius 1 is 1.03 bits per heavy atom. The molecule has 0 aliphatic rings. The Bertz CT molecular complexity index is 981. The van der Waals surface area contributed by atoms with Crippen LogP contribution in [-0.2, 0) is 21.4 Å². The number of carbonyl (C=O) groups is 1. The molecule has 0 fully saturated rings. The number of nitrogens with one attached hydrogen (secondary N) is 1. The van der Waals surface area contributed by atoms with Crippen molar-refractivity contribution in [2.75, 3.05) is 27.3 Å². The number of hydrogen-bond donors (Lipinski definition) is 1. The van der Waals surface area contributed by atoms with Crippen molar-refractivity contribution in [3.8, 4) is 11.5 Å². The molecule has 2 aromatic carbocycles. The Kier molecular flexibility index (Phi) is 8.44. The summed E-state index contributed by atoms with van der Waals surface area (Å²) in [5.74, 6) is 0.996. The first-order valence-corrected chi connectivity index (χ1v) is 11.1. The fourth-order valence-corrected chi connectivity index (χ4v) is 4.32. The second-order valence-corrected chi connectivity index (χ2v) is 8.33. The molecule has 0 saturated carbocycles. The van der Waals surface area contributed by atoms with Crippen molar-refractivity contribution < 1.29 is 22.7 Å². The van der Waals surface area contributed by atoms with Crippen LogP contribution in [0.5, 0.6) is 11.5 Å². The molecule has 0 saturated heterocycles. The SMILES string of the molecule is CCN(CC)S(=O)(=O)c1ccc(CNC(=O)/C=C/c2ccc(OC)cc2OC)cc1. The summed E-state index contributed by atoms with van der Waals surface area (Å²) in [4.78, 5) is 12.4. The molecule has 0 radical (unpaired) electrons. The standard InChI is InChI=1S/C22H28N2O5S/c1-5-24(6-2)30(26,27)20-12-7-17(8-13-20)16-23-22(25)14-10-18-9-11-19(28-3)15-21(18)29-4/h7-15H,5-6,16H2,1-4H3,(H,23,25)/b14-10+. The molecule has 7 nitrogen and oxygen atoms in total. The topological polar surface area (TPSA) is 84.9 Å². The van der Waals surface area contributed by atoms with E-state index in [0.717, 1.165) is 11.1 Å². The van der Waals surface area contributed by atoms with E-state index in [1.54, 1.807) is 76.6 Å². The highest BCUT2D eigenvalue weighted by Crippen LogP contribution is 2.25. The number of hydrogen-bond acceptors (Lipinski definition) is 5. The summed E-state index contributed by atoms with van der Waals surface area (Å²) in [5.41, 5.74) is 1.55. The van der Waals surface area contributed by atoms with E-state index >= 15 is 0 Å². The number of rotatable bonds is 10. The van der Waals surface area contributed by atoms with Gasteiger partial charge in [0.1, 0.15) is 11.5 Å². The van der Waals surface area contributed by atoms with Gasteiger partial charge in [-0.05, 0) is 35.9 Å². The van der Waals surface area contributed by atoms with Crippen LogP contribution in [0.25, 0.3) is 6.08 Å². The molecule has 0 spiro atoms. The van der Waals surface area contributed by atoms with E-state index in [-0.39, 0.29) is 17.3 Å². The fourth-order valence-electron chi connectivity index (χ4n) is 2.86.